The molecule has 0 unspecified atom stereocenters. The zero-order chi connectivity index (χ0) is 19.3. The van der Waals surface area contributed by atoms with Gasteiger partial charge in [0.15, 0.2) is 12.4 Å². The predicted octanol–water partition coefficient (Wildman–Crippen LogP) is 3.70. The molecule has 0 aliphatic heterocycles. The average molecular weight is 365 g/mol. The molecule has 136 valence electrons. The lowest BCUT2D eigenvalue weighted by atomic mass is 10.1. The summed E-state index contributed by atoms with van der Waals surface area (Å²) in [4.78, 5) is 34.8. The van der Waals surface area contributed by atoms with Gasteiger partial charge < -0.3 is 10.1 Å². The first-order valence-corrected chi connectivity index (χ1v) is 7.42. The highest BCUT2D eigenvalue weighted by Gasteiger charge is 2.35. The van der Waals surface area contributed by atoms with E-state index in [1.54, 1.807) is 0 Å². The Balaban J connectivity index is 1.97. The summed E-state index contributed by atoms with van der Waals surface area (Å²) < 4.78 is 43.3. The number of hydrogen-bond donors (Lipinski definition) is 1. The fraction of sp³-hybridized carbons (Fsp3) is 0.167. The number of anilines is 1. The molecule has 0 bridgehead atoms. The maximum Gasteiger partial charge on any atom is 0.417 e. The Morgan fingerprint density at radius 3 is 2.19 bits per heavy atom. The zero-order valence-corrected chi connectivity index (χ0v) is 13.6. The Labute approximate surface area is 146 Å². The van der Waals surface area contributed by atoms with Gasteiger partial charge in [0.1, 0.15) is 0 Å². The fourth-order valence-electron chi connectivity index (χ4n) is 2.10. The number of carbonyl (C=O) groups excluding carboxylic acids is 3. The first kappa shape index (κ1) is 19.2. The van der Waals surface area contributed by atoms with Crippen molar-refractivity contribution >= 4 is 23.3 Å². The molecule has 2 aromatic rings. The van der Waals surface area contributed by atoms with Gasteiger partial charge in [0.25, 0.3) is 5.91 Å². The summed E-state index contributed by atoms with van der Waals surface area (Å²) in [6, 6.07) is 10.1. The molecule has 0 aliphatic carbocycles. The van der Waals surface area contributed by atoms with Crippen molar-refractivity contribution in [3.63, 3.8) is 0 Å². The minimum Gasteiger partial charge on any atom is -0.452 e. The molecule has 0 fully saturated rings. The lowest BCUT2D eigenvalue weighted by Crippen LogP contribution is -2.22. The van der Waals surface area contributed by atoms with Gasteiger partial charge in [0, 0.05) is 11.3 Å². The van der Waals surface area contributed by atoms with Crippen LogP contribution in [0, 0.1) is 0 Å². The molecule has 0 aliphatic rings. The Kier molecular flexibility index (Phi) is 5.76. The molecule has 8 heteroatoms. The van der Waals surface area contributed by atoms with Gasteiger partial charge in [0.2, 0.25) is 0 Å². The van der Waals surface area contributed by atoms with E-state index in [4.69, 9.17) is 0 Å². The number of carbonyl (C=O) groups is 3. The van der Waals surface area contributed by atoms with Crippen LogP contribution in [0.2, 0.25) is 0 Å². The SMILES string of the molecule is CC(=O)c1ccc(NC(=O)COC(=O)c2ccccc2C(F)(F)F)cc1. The first-order chi connectivity index (χ1) is 12.2. The minimum absolute atomic E-state index is 0.139. The van der Waals surface area contributed by atoms with Gasteiger partial charge in [-0.1, -0.05) is 12.1 Å². The van der Waals surface area contributed by atoms with E-state index < -0.39 is 35.8 Å². The van der Waals surface area contributed by atoms with Crippen molar-refractivity contribution in [1.82, 2.24) is 0 Å². The van der Waals surface area contributed by atoms with Crippen LogP contribution in [0.1, 0.15) is 33.2 Å². The van der Waals surface area contributed by atoms with Crippen LogP contribution in [0.25, 0.3) is 0 Å². The van der Waals surface area contributed by atoms with E-state index in [1.165, 1.54) is 37.3 Å². The summed E-state index contributed by atoms with van der Waals surface area (Å²) in [5.74, 6) is -2.11. The largest absolute Gasteiger partial charge is 0.452 e. The third-order valence-electron chi connectivity index (χ3n) is 3.36. The summed E-state index contributed by atoms with van der Waals surface area (Å²) in [6.45, 7) is 0.644. The number of nitrogens with one attached hydrogen (secondary N) is 1. The molecule has 26 heavy (non-hydrogen) atoms. The molecule has 0 aromatic heterocycles. The normalized spacial score (nSPS) is 10.9. The first-order valence-electron chi connectivity index (χ1n) is 7.42. The van der Waals surface area contributed by atoms with Crippen LogP contribution in [-0.4, -0.2) is 24.3 Å². The highest BCUT2D eigenvalue weighted by Crippen LogP contribution is 2.32. The molecule has 2 aromatic carbocycles. The van der Waals surface area contributed by atoms with Crippen molar-refractivity contribution in [3.05, 3.63) is 65.2 Å². The number of alkyl halides is 3. The maximum atomic E-state index is 12.9. The summed E-state index contributed by atoms with van der Waals surface area (Å²) in [5.41, 5.74) is -0.992. The highest BCUT2D eigenvalue weighted by atomic mass is 19.4. The topological polar surface area (TPSA) is 72.5 Å². The third-order valence-corrected chi connectivity index (χ3v) is 3.36. The molecule has 1 N–H and O–H groups in total. The smallest absolute Gasteiger partial charge is 0.417 e. The van der Waals surface area contributed by atoms with Crippen molar-refractivity contribution in [2.24, 2.45) is 0 Å². The van der Waals surface area contributed by atoms with Crippen LogP contribution < -0.4 is 5.32 Å². The molecule has 0 atom stereocenters. The van der Waals surface area contributed by atoms with Crippen molar-refractivity contribution in [2.75, 3.05) is 11.9 Å². The number of amides is 1. The molecule has 0 saturated heterocycles. The van der Waals surface area contributed by atoms with E-state index in [2.05, 4.69) is 10.1 Å². The Morgan fingerprint density at radius 1 is 1.00 bits per heavy atom. The lowest BCUT2D eigenvalue weighted by Gasteiger charge is -2.12. The molecule has 0 radical (unpaired) electrons. The molecule has 5 nitrogen and oxygen atoms in total. The maximum absolute atomic E-state index is 12.9. The van der Waals surface area contributed by atoms with Crippen molar-refractivity contribution in [2.45, 2.75) is 13.1 Å². The predicted molar refractivity (Wildman–Crippen MR) is 86.8 cm³/mol. The minimum atomic E-state index is -4.71. The number of esters is 1. The van der Waals surface area contributed by atoms with Crippen LogP contribution in [0.5, 0.6) is 0 Å². The molecule has 0 heterocycles. The Bertz CT molecular complexity index is 829. The van der Waals surface area contributed by atoms with E-state index >= 15 is 0 Å². The van der Waals surface area contributed by atoms with Gasteiger partial charge >= 0.3 is 12.1 Å². The van der Waals surface area contributed by atoms with Crippen molar-refractivity contribution in [1.29, 1.82) is 0 Å². The fourth-order valence-corrected chi connectivity index (χ4v) is 2.10. The van der Waals surface area contributed by atoms with Crippen LogP contribution >= 0.6 is 0 Å². The quantitative estimate of drug-likeness (QED) is 0.648. The van der Waals surface area contributed by atoms with Crippen LogP contribution in [0.3, 0.4) is 0 Å². The van der Waals surface area contributed by atoms with Gasteiger partial charge in [-0.3, -0.25) is 9.59 Å². The summed E-state index contributed by atoms with van der Waals surface area (Å²) in [6.07, 6.45) is -4.71. The summed E-state index contributed by atoms with van der Waals surface area (Å²) >= 11 is 0. The number of halogens is 3. The zero-order valence-electron chi connectivity index (χ0n) is 13.6. The Hall–Kier alpha value is -3.16. The van der Waals surface area contributed by atoms with E-state index in [-0.39, 0.29) is 5.78 Å². The Morgan fingerprint density at radius 2 is 1.62 bits per heavy atom. The van der Waals surface area contributed by atoms with Gasteiger partial charge in [-0.2, -0.15) is 13.2 Å². The summed E-state index contributed by atoms with van der Waals surface area (Å²) in [7, 11) is 0. The monoisotopic (exact) mass is 365 g/mol. The lowest BCUT2D eigenvalue weighted by molar-refractivity contribution is -0.138. The van der Waals surface area contributed by atoms with E-state index in [0.717, 1.165) is 18.2 Å². The van der Waals surface area contributed by atoms with Crippen LogP contribution in [0.15, 0.2) is 48.5 Å². The van der Waals surface area contributed by atoms with Crippen LogP contribution in [0.4, 0.5) is 18.9 Å². The van der Waals surface area contributed by atoms with Gasteiger partial charge in [0.05, 0.1) is 11.1 Å². The molecular formula is C18H14F3NO4. The second-order valence-electron chi connectivity index (χ2n) is 5.30. The standard InChI is InChI=1S/C18H14F3NO4/c1-11(23)12-6-8-13(9-7-12)22-16(24)10-26-17(25)14-4-2-3-5-15(14)18(19,20)21/h2-9H,10H2,1H3,(H,22,24). The molecule has 1 amide bonds. The second-order valence-corrected chi connectivity index (χ2v) is 5.30. The van der Waals surface area contributed by atoms with E-state index in [9.17, 15) is 27.6 Å². The number of rotatable bonds is 5. The van der Waals surface area contributed by atoms with Gasteiger partial charge in [-0.15, -0.1) is 0 Å². The van der Waals surface area contributed by atoms with Gasteiger partial charge in [-0.05, 0) is 43.3 Å². The number of ether oxygens (including phenoxy) is 1. The number of Topliss-reactive ketones (excluding diaryl/α,β-unsaturated/α-hetero) is 1. The molecular weight excluding hydrogens is 351 g/mol. The second kappa shape index (κ2) is 7.81. The van der Waals surface area contributed by atoms with E-state index in [1.807, 2.05) is 0 Å². The number of hydrogen-bond acceptors (Lipinski definition) is 4. The number of benzene rings is 2. The van der Waals surface area contributed by atoms with Gasteiger partial charge in [-0.25, -0.2) is 4.79 Å². The van der Waals surface area contributed by atoms with Crippen molar-refractivity contribution in [3.8, 4) is 0 Å². The van der Waals surface area contributed by atoms with Crippen LogP contribution in [-0.2, 0) is 15.7 Å². The summed E-state index contributed by atoms with van der Waals surface area (Å²) in [5, 5.41) is 2.41. The van der Waals surface area contributed by atoms with E-state index in [0.29, 0.717) is 11.3 Å². The molecule has 0 spiro atoms. The highest BCUT2D eigenvalue weighted by molar-refractivity contribution is 5.97. The average Bonchev–Trinajstić information content (AvgIpc) is 2.59. The molecule has 2 rings (SSSR count). The van der Waals surface area contributed by atoms with Crippen molar-refractivity contribution < 1.29 is 32.3 Å². The number of ketones is 1. The third kappa shape index (κ3) is 4.92. The molecule has 0 saturated carbocycles.